The molecule has 0 aliphatic rings. The van der Waals surface area contributed by atoms with Crippen LogP contribution in [0, 0.1) is 11.3 Å². The number of nitrogens with zero attached hydrogens (tertiary/aromatic N) is 1. The number of carbonyl (C=O) groups is 1. The molecule has 0 saturated carbocycles. The van der Waals surface area contributed by atoms with Crippen LogP contribution in [-0.4, -0.2) is 12.1 Å². The molecule has 1 rings (SSSR count). The molecule has 0 spiro atoms. The Hall–Kier alpha value is -1.44. The minimum Gasteiger partial charge on any atom is -0.334 e. The van der Waals surface area contributed by atoms with E-state index in [0.29, 0.717) is 22.2 Å². The van der Waals surface area contributed by atoms with Crippen molar-refractivity contribution >= 4 is 34.9 Å². The molecule has 0 aliphatic carbocycles. The van der Waals surface area contributed by atoms with Crippen LogP contribution in [0.1, 0.15) is 19.8 Å². The fourth-order valence-corrected chi connectivity index (χ4v) is 1.63. The van der Waals surface area contributed by atoms with Crippen molar-refractivity contribution in [3.63, 3.8) is 0 Å². The molecule has 4 nitrogen and oxygen atoms in total. The van der Waals surface area contributed by atoms with Crippen molar-refractivity contribution in [3.8, 4) is 6.07 Å². The van der Waals surface area contributed by atoms with Gasteiger partial charge in [0.05, 0.1) is 22.5 Å². The summed E-state index contributed by atoms with van der Waals surface area (Å²) in [5.41, 5.74) is 0.550. The van der Waals surface area contributed by atoms with Crippen molar-refractivity contribution in [3.05, 3.63) is 28.2 Å². The maximum Gasteiger partial charge on any atom is 0.319 e. The van der Waals surface area contributed by atoms with E-state index < -0.39 is 0 Å². The van der Waals surface area contributed by atoms with Gasteiger partial charge in [0, 0.05) is 11.7 Å². The van der Waals surface area contributed by atoms with Crippen LogP contribution in [0.4, 0.5) is 10.5 Å². The summed E-state index contributed by atoms with van der Waals surface area (Å²) in [4.78, 5) is 11.6. The molecule has 0 bridgehead atoms. The molecule has 18 heavy (non-hydrogen) atoms. The normalized spacial score (nSPS) is 11.4. The molecule has 0 radical (unpaired) electrons. The van der Waals surface area contributed by atoms with Crippen molar-refractivity contribution in [2.45, 2.75) is 25.8 Å². The second-order valence-electron chi connectivity index (χ2n) is 3.69. The summed E-state index contributed by atoms with van der Waals surface area (Å²) >= 11 is 11.6. The zero-order valence-corrected chi connectivity index (χ0v) is 11.3. The van der Waals surface area contributed by atoms with E-state index in [4.69, 9.17) is 28.5 Å². The molecule has 0 saturated heterocycles. The van der Waals surface area contributed by atoms with E-state index in [1.165, 1.54) is 0 Å². The number of halogens is 2. The van der Waals surface area contributed by atoms with Crippen LogP contribution in [0.2, 0.25) is 10.0 Å². The molecule has 1 atom stereocenters. The summed E-state index contributed by atoms with van der Waals surface area (Å²) in [5.74, 6) is 0. The number of rotatable bonds is 4. The lowest BCUT2D eigenvalue weighted by Gasteiger charge is -2.14. The van der Waals surface area contributed by atoms with Crippen LogP contribution in [0.5, 0.6) is 0 Å². The quantitative estimate of drug-likeness (QED) is 0.884. The number of carbonyl (C=O) groups excluding carboxylic acids is 1. The molecule has 0 aromatic heterocycles. The van der Waals surface area contributed by atoms with Gasteiger partial charge in [0.25, 0.3) is 0 Å². The van der Waals surface area contributed by atoms with Gasteiger partial charge in [-0.1, -0.05) is 30.1 Å². The Balaban J connectivity index is 2.59. The minimum absolute atomic E-state index is 0.155. The molecule has 2 amide bonds. The number of hydrogen-bond acceptors (Lipinski definition) is 2. The lowest BCUT2D eigenvalue weighted by molar-refractivity contribution is 0.248. The van der Waals surface area contributed by atoms with Crippen LogP contribution in [-0.2, 0) is 0 Å². The summed E-state index contributed by atoms with van der Waals surface area (Å²) in [7, 11) is 0. The smallest absolute Gasteiger partial charge is 0.319 e. The first-order valence-electron chi connectivity index (χ1n) is 5.46. The van der Waals surface area contributed by atoms with Crippen molar-refractivity contribution in [2.24, 2.45) is 0 Å². The standard InChI is InChI=1S/C12H13Cl2N3O/c1-2-8(5-6-15)16-12(18)17-9-3-4-10(13)11(14)7-9/h3-4,7-8H,2,5H2,1H3,(H2,16,17,18). The van der Waals surface area contributed by atoms with Crippen molar-refractivity contribution in [1.82, 2.24) is 5.32 Å². The third kappa shape index (κ3) is 4.44. The molecular formula is C12H13Cl2N3O. The van der Waals surface area contributed by atoms with Crippen LogP contribution >= 0.6 is 23.2 Å². The summed E-state index contributed by atoms with van der Waals surface area (Å²) in [5, 5.41) is 14.7. The first kappa shape index (κ1) is 14.6. The van der Waals surface area contributed by atoms with E-state index in [1.807, 2.05) is 13.0 Å². The maximum absolute atomic E-state index is 11.6. The fraction of sp³-hybridized carbons (Fsp3) is 0.333. The summed E-state index contributed by atoms with van der Waals surface area (Å²) < 4.78 is 0. The van der Waals surface area contributed by atoms with Gasteiger partial charge in [0.1, 0.15) is 0 Å². The molecule has 1 aromatic rings. The van der Waals surface area contributed by atoms with Gasteiger partial charge < -0.3 is 10.6 Å². The second-order valence-corrected chi connectivity index (χ2v) is 4.51. The van der Waals surface area contributed by atoms with Crippen LogP contribution < -0.4 is 10.6 Å². The van der Waals surface area contributed by atoms with Crippen molar-refractivity contribution in [1.29, 1.82) is 5.26 Å². The van der Waals surface area contributed by atoms with Gasteiger partial charge in [0.2, 0.25) is 0 Å². The SMILES string of the molecule is CCC(CC#N)NC(=O)Nc1ccc(Cl)c(Cl)c1. The van der Waals surface area contributed by atoms with Gasteiger partial charge in [-0.25, -0.2) is 4.79 Å². The predicted molar refractivity (Wildman–Crippen MR) is 72.9 cm³/mol. The molecule has 0 fully saturated rings. The second kappa shape index (κ2) is 7.10. The molecule has 2 N–H and O–H groups in total. The molecule has 1 aromatic carbocycles. The van der Waals surface area contributed by atoms with Gasteiger partial charge in [-0.2, -0.15) is 5.26 Å². The highest BCUT2D eigenvalue weighted by Crippen LogP contribution is 2.24. The Morgan fingerprint density at radius 1 is 1.44 bits per heavy atom. The van der Waals surface area contributed by atoms with Gasteiger partial charge in [0.15, 0.2) is 0 Å². The number of urea groups is 1. The number of nitriles is 1. The number of hydrogen-bond donors (Lipinski definition) is 2. The summed E-state index contributed by atoms with van der Waals surface area (Å²) in [6.07, 6.45) is 0.980. The highest BCUT2D eigenvalue weighted by Gasteiger charge is 2.10. The van der Waals surface area contributed by atoms with Crippen LogP contribution in [0.3, 0.4) is 0 Å². The van der Waals surface area contributed by atoms with Gasteiger partial charge >= 0.3 is 6.03 Å². The number of benzene rings is 1. The topological polar surface area (TPSA) is 64.9 Å². The van der Waals surface area contributed by atoms with Crippen LogP contribution in [0.15, 0.2) is 18.2 Å². The van der Waals surface area contributed by atoms with E-state index >= 15 is 0 Å². The highest BCUT2D eigenvalue weighted by atomic mass is 35.5. The lowest BCUT2D eigenvalue weighted by Crippen LogP contribution is -2.37. The third-order valence-corrected chi connectivity index (χ3v) is 3.08. The Kier molecular flexibility index (Phi) is 5.76. The molecule has 96 valence electrons. The Morgan fingerprint density at radius 2 is 2.17 bits per heavy atom. The van der Waals surface area contributed by atoms with E-state index in [9.17, 15) is 4.79 Å². The van der Waals surface area contributed by atoms with E-state index in [2.05, 4.69) is 10.6 Å². The lowest BCUT2D eigenvalue weighted by atomic mass is 10.2. The maximum atomic E-state index is 11.6. The third-order valence-electron chi connectivity index (χ3n) is 2.34. The minimum atomic E-state index is -0.365. The average Bonchev–Trinajstić information content (AvgIpc) is 2.33. The zero-order chi connectivity index (χ0) is 13.5. The van der Waals surface area contributed by atoms with E-state index in [0.717, 1.165) is 0 Å². The molecule has 0 heterocycles. The van der Waals surface area contributed by atoms with Gasteiger partial charge in [-0.15, -0.1) is 0 Å². The average molecular weight is 286 g/mol. The number of nitrogens with one attached hydrogen (secondary N) is 2. The molecule has 0 aliphatic heterocycles. The first-order chi connectivity index (χ1) is 8.56. The number of amides is 2. The largest absolute Gasteiger partial charge is 0.334 e. The van der Waals surface area contributed by atoms with Crippen molar-refractivity contribution < 1.29 is 4.79 Å². The zero-order valence-electron chi connectivity index (χ0n) is 9.84. The predicted octanol–water partition coefficient (Wildman–Crippen LogP) is 3.81. The van der Waals surface area contributed by atoms with Crippen molar-refractivity contribution in [2.75, 3.05) is 5.32 Å². The summed E-state index contributed by atoms with van der Waals surface area (Å²) in [6, 6.07) is 6.32. The molecule has 6 heteroatoms. The highest BCUT2D eigenvalue weighted by molar-refractivity contribution is 6.42. The van der Waals surface area contributed by atoms with Gasteiger partial charge in [-0.05, 0) is 24.6 Å². The Morgan fingerprint density at radius 3 is 2.72 bits per heavy atom. The van der Waals surface area contributed by atoms with E-state index in [-0.39, 0.29) is 18.5 Å². The molecular weight excluding hydrogens is 273 g/mol. The molecule has 1 unspecified atom stereocenters. The fourth-order valence-electron chi connectivity index (χ4n) is 1.33. The first-order valence-corrected chi connectivity index (χ1v) is 6.22. The van der Waals surface area contributed by atoms with E-state index in [1.54, 1.807) is 18.2 Å². The van der Waals surface area contributed by atoms with Crippen LogP contribution in [0.25, 0.3) is 0 Å². The monoisotopic (exact) mass is 285 g/mol. The van der Waals surface area contributed by atoms with Gasteiger partial charge in [-0.3, -0.25) is 0 Å². The number of anilines is 1. The Labute approximate surface area is 116 Å². The summed E-state index contributed by atoms with van der Waals surface area (Å²) in [6.45, 7) is 1.90. The Bertz CT molecular complexity index is 471.